The summed E-state index contributed by atoms with van der Waals surface area (Å²) in [7, 11) is 0. The molecule has 1 atom stereocenters. The highest BCUT2D eigenvalue weighted by Crippen LogP contribution is 2.27. The number of nitrogens with zero attached hydrogens (tertiary/aromatic N) is 1. The zero-order chi connectivity index (χ0) is 16.3. The van der Waals surface area contributed by atoms with Crippen molar-refractivity contribution in [1.82, 2.24) is 4.90 Å². The van der Waals surface area contributed by atoms with Gasteiger partial charge in [0, 0.05) is 5.69 Å². The first kappa shape index (κ1) is 16.1. The van der Waals surface area contributed by atoms with Crippen LogP contribution in [-0.4, -0.2) is 42.3 Å². The topological polar surface area (TPSA) is 58.6 Å². The Morgan fingerprint density at radius 2 is 2.18 bits per heavy atom. The molecule has 0 bridgehead atoms. The molecule has 2 rings (SSSR count). The van der Waals surface area contributed by atoms with Gasteiger partial charge in [-0.05, 0) is 24.6 Å². The number of aryl methyl sites for hydroxylation is 1. The molecule has 120 valence electrons. The van der Waals surface area contributed by atoms with Gasteiger partial charge in [0.1, 0.15) is 12.6 Å². The standard InChI is InChI=1S/C14H15F3N2O3/c1-9-3-2-4-10(7-9)18-11(14(15,16)17)8-12(20)19-5-6-22-13(19)21/h2-4,7,11,18H,5-6,8H2,1H3/t11-/m0/s1. The molecule has 0 radical (unpaired) electrons. The van der Waals surface area contributed by atoms with Crippen LogP contribution >= 0.6 is 0 Å². The maximum atomic E-state index is 13.1. The molecule has 2 amide bonds. The number of halogens is 3. The number of cyclic esters (lactones) is 1. The lowest BCUT2D eigenvalue weighted by molar-refractivity contribution is -0.153. The maximum absolute atomic E-state index is 13.1. The van der Waals surface area contributed by atoms with Crippen LogP contribution in [0.4, 0.5) is 23.7 Å². The first-order valence-electron chi connectivity index (χ1n) is 6.64. The number of carbonyl (C=O) groups is 2. The van der Waals surface area contributed by atoms with Gasteiger partial charge in [-0.25, -0.2) is 9.69 Å². The molecule has 1 aliphatic heterocycles. The fraction of sp³-hybridized carbons (Fsp3) is 0.429. The number of hydrogen-bond acceptors (Lipinski definition) is 4. The normalized spacial score (nSPS) is 16.4. The molecule has 0 spiro atoms. The number of rotatable bonds is 4. The lowest BCUT2D eigenvalue weighted by Crippen LogP contribution is -2.42. The summed E-state index contributed by atoms with van der Waals surface area (Å²) in [5, 5.41) is 2.30. The van der Waals surface area contributed by atoms with Gasteiger partial charge in [-0.2, -0.15) is 13.2 Å². The fourth-order valence-electron chi connectivity index (χ4n) is 2.09. The summed E-state index contributed by atoms with van der Waals surface area (Å²) >= 11 is 0. The van der Waals surface area contributed by atoms with E-state index < -0.39 is 30.6 Å². The molecule has 1 aromatic carbocycles. The molecular formula is C14H15F3N2O3. The summed E-state index contributed by atoms with van der Waals surface area (Å²) in [6, 6.07) is 4.33. The number of amides is 2. The average Bonchev–Trinajstić information content (AvgIpc) is 2.83. The Morgan fingerprint density at radius 1 is 1.45 bits per heavy atom. The lowest BCUT2D eigenvalue weighted by atomic mass is 10.1. The summed E-state index contributed by atoms with van der Waals surface area (Å²) in [5.41, 5.74) is 1.06. The number of carbonyl (C=O) groups excluding carboxylic acids is 2. The Bertz CT molecular complexity index is 575. The van der Waals surface area contributed by atoms with Crippen LogP contribution < -0.4 is 5.32 Å². The summed E-state index contributed by atoms with van der Waals surface area (Å²) in [6.45, 7) is 1.73. The summed E-state index contributed by atoms with van der Waals surface area (Å²) < 4.78 is 43.9. The second-order valence-electron chi connectivity index (χ2n) is 4.97. The third-order valence-corrected chi connectivity index (χ3v) is 3.19. The monoisotopic (exact) mass is 316 g/mol. The molecule has 1 saturated heterocycles. The minimum Gasteiger partial charge on any atom is -0.447 e. The number of nitrogens with one attached hydrogen (secondary N) is 1. The van der Waals surface area contributed by atoms with E-state index in [1.165, 1.54) is 6.07 Å². The van der Waals surface area contributed by atoms with Crippen molar-refractivity contribution in [2.45, 2.75) is 25.6 Å². The molecule has 0 aliphatic carbocycles. The quantitative estimate of drug-likeness (QED) is 0.928. The molecule has 8 heteroatoms. The van der Waals surface area contributed by atoms with Crippen LogP contribution in [0.15, 0.2) is 24.3 Å². The average molecular weight is 316 g/mol. The van der Waals surface area contributed by atoms with E-state index >= 15 is 0 Å². The largest absolute Gasteiger partial charge is 0.447 e. The fourth-order valence-corrected chi connectivity index (χ4v) is 2.09. The third-order valence-electron chi connectivity index (χ3n) is 3.19. The van der Waals surface area contributed by atoms with E-state index in [9.17, 15) is 22.8 Å². The van der Waals surface area contributed by atoms with Crippen molar-refractivity contribution in [2.24, 2.45) is 0 Å². The van der Waals surface area contributed by atoms with Gasteiger partial charge < -0.3 is 10.1 Å². The van der Waals surface area contributed by atoms with Gasteiger partial charge in [0.05, 0.1) is 13.0 Å². The van der Waals surface area contributed by atoms with Crippen LogP contribution in [0.3, 0.4) is 0 Å². The van der Waals surface area contributed by atoms with Crippen LogP contribution in [0.2, 0.25) is 0 Å². The zero-order valence-electron chi connectivity index (χ0n) is 11.8. The molecule has 1 fully saturated rings. The number of ether oxygens (including phenoxy) is 1. The van der Waals surface area contributed by atoms with Crippen molar-refractivity contribution in [1.29, 1.82) is 0 Å². The highest BCUT2D eigenvalue weighted by atomic mass is 19.4. The number of benzene rings is 1. The third kappa shape index (κ3) is 3.90. The molecular weight excluding hydrogens is 301 g/mol. The molecule has 5 nitrogen and oxygen atoms in total. The Labute approximate surface area is 125 Å². The van der Waals surface area contributed by atoms with E-state index in [0.29, 0.717) is 4.90 Å². The molecule has 0 saturated carbocycles. The minimum atomic E-state index is -4.62. The smallest absolute Gasteiger partial charge is 0.416 e. The zero-order valence-corrected chi connectivity index (χ0v) is 11.8. The van der Waals surface area contributed by atoms with E-state index in [1.807, 2.05) is 0 Å². The molecule has 1 aromatic rings. The van der Waals surface area contributed by atoms with Crippen molar-refractivity contribution in [3.05, 3.63) is 29.8 Å². The van der Waals surface area contributed by atoms with Gasteiger partial charge in [0.15, 0.2) is 0 Å². The highest BCUT2D eigenvalue weighted by Gasteiger charge is 2.43. The number of alkyl halides is 3. The molecule has 22 heavy (non-hydrogen) atoms. The molecule has 1 N–H and O–H groups in total. The van der Waals surface area contributed by atoms with Gasteiger partial charge in [-0.3, -0.25) is 4.79 Å². The van der Waals surface area contributed by atoms with Crippen LogP contribution in [-0.2, 0) is 9.53 Å². The van der Waals surface area contributed by atoms with Gasteiger partial charge in [0.2, 0.25) is 5.91 Å². The Kier molecular flexibility index (Phi) is 4.58. The second-order valence-corrected chi connectivity index (χ2v) is 4.97. The first-order chi connectivity index (χ1) is 10.3. The van der Waals surface area contributed by atoms with Crippen molar-refractivity contribution in [2.75, 3.05) is 18.5 Å². The van der Waals surface area contributed by atoms with E-state index in [2.05, 4.69) is 10.1 Å². The molecule has 1 heterocycles. The van der Waals surface area contributed by atoms with Crippen molar-refractivity contribution >= 4 is 17.7 Å². The van der Waals surface area contributed by atoms with E-state index in [4.69, 9.17) is 0 Å². The predicted octanol–water partition coefficient (Wildman–Crippen LogP) is 2.71. The first-order valence-corrected chi connectivity index (χ1v) is 6.64. The number of anilines is 1. The second kappa shape index (κ2) is 6.25. The summed E-state index contributed by atoms with van der Waals surface area (Å²) in [4.78, 5) is 23.8. The minimum absolute atomic E-state index is 0.00651. The van der Waals surface area contributed by atoms with Crippen molar-refractivity contribution in [3.8, 4) is 0 Å². The summed E-state index contributed by atoms with van der Waals surface area (Å²) in [5.74, 6) is -0.912. The maximum Gasteiger partial charge on any atom is 0.416 e. The van der Waals surface area contributed by atoms with Crippen LogP contribution in [0, 0.1) is 6.92 Å². The number of imide groups is 1. The van der Waals surface area contributed by atoms with Crippen LogP contribution in [0.1, 0.15) is 12.0 Å². The predicted molar refractivity (Wildman–Crippen MR) is 72.3 cm³/mol. The summed E-state index contributed by atoms with van der Waals surface area (Å²) in [6.07, 6.45) is -6.39. The van der Waals surface area contributed by atoms with Gasteiger partial charge in [-0.15, -0.1) is 0 Å². The molecule has 0 unspecified atom stereocenters. The highest BCUT2D eigenvalue weighted by molar-refractivity contribution is 5.93. The van der Waals surface area contributed by atoms with E-state index in [-0.39, 0.29) is 18.8 Å². The van der Waals surface area contributed by atoms with E-state index in [0.717, 1.165) is 5.56 Å². The van der Waals surface area contributed by atoms with Crippen LogP contribution in [0.25, 0.3) is 0 Å². The van der Waals surface area contributed by atoms with E-state index in [1.54, 1.807) is 25.1 Å². The van der Waals surface area contributed by atoms with Crippen molar-refractivity contribution < 1.29 is 27.5 Å². The van der Waals surface area contributed by atoms with Gasteiger partial charge >= 0.3 is 12.3 Å². The lowest BCUT2D eigenvalue weighted by Gasteiger charge is -2.23. The Balaban J connectivity index is 2.10. The molecule has 1 aliphatic rings. The van der Waals surface area contributed by atoms with Gasteiger partial charge in [-0.1, -0.05) is 12.1 Å². The Morgan fingerprint density at radius 3 is 2.73 bits per heavy atom. The van der Waals surface area contributed by atoms with Crippen molar-refractivity contribution in [3.63, 3.8) is 0 Å². The van der Waals surface area contributed by atoms with Gasteiger partial charge in [0.25, 0.3) is 0 Å². The number of hydrogen-bond donors (Lipinski definition) is 1. The Hall–Kier alpha value is -2.25. The molecule has 0 aromatic heterocycles. The van der Waals surface area contributed by atoms with Crippen LogP contribution in [0.5, 0.6) is 0 Å². The SMILES string of the molecule is Cc1cccc(N[C@@H](CC(=O)N2CCOC2=O)C(F)(F)F)c1.